The second kappa shape index (κ2) is 6.26. The van der Waals surface area contributed by atoms with Crippen LogP contribution in [0.1, 0.15) is 24.3 Å². The molecule has 0 atom stereocenters. The van der Waals surface area contributed by atoms with Crippen molar-refractivity contribution in [3.63, 3.8) is 0 Å². The number of benzene rings is 1. The Labute approximate surface area is 146 Å². The van der Waals surface area contributed by atoms with E-state index in [9.17, 15) is 9.59 Å². The zero-order valence-corrected chi connectivity index (χ0v) is 14.5. The van der Waals surface area contributed by atoms with Gasteiger partial charge in [0.25, 0.3) is 5.56 Å². The van der Waals surface area contributed by atoms with Crippen LogP contribution in [0.25, 0.3) is 16.5 Å². The van der Waals surface area contributed by atoms with E-state index in [1.807, 2.05) is 0 Å². The van der Waals surface area contributed by atoms with Crippen LogP contribution in [0.2, 0.25) is 5.02 Å². The number of thiophene rings is 1. The monoisotopic (exact) mass is 363 g/mol. The Kier molecular flexibility index (Phi) is 4.29. The maximum atomic E-state index is 12.7. The molecule has 3 rings (SSSR count). The van der Waals surface area contributed by atoms with Crippen LogP contribution >= 0.6 is 22.9 Å². The molecule has 2 N–H and O–H groups in total. The van der Waals surface area contributed by atoms with E-state index in [-0.39, 0.29) is 17.2 Å². The van der Waals surface area contributed by atoms with Crippen molar-refractivity contribution < 1.29 is 9.53 Å². The minimum atomic E-state index is -0.601. The van der Waals surface area contributed by atoms with Crippen molar-refractivity contribution in [3.05, 3.63) is 50.7 Å². The summed E-state index contributed by atoms with van der Waals surface area (Å²) in [5, 5.41) is 7.37. The van der Waals surface area contributed by atoms with Gasteiger partial charge in [-0.1, -0.05) is 11.6 Å². The number of hydrogen-bond acceptors (Lipinski definition) is 6. The van der Waals surface area contributed by atoms with Gasteiger partial charge in [-0.2, -0.15) is 9.78 Å². The van der Waals surface area contributed by atoms with E-state index in [4.69, 9.17) is 22.1 Å². The normalized spacial score (nSPS) is 11.2. The molecule has 0 spiro atoms. The topological polar surface area (TPSA) is 87.2 Å². The molecule has 2 heterocycles. The number of nitrogen functional groups attached to an aromatic ring is 1. The fourth-order valence-corrected chi connectivity index (χ4v) is 3.17. The minimum absolute atomic E-state index is 0.0567. The van der Waals surface area contributed by atoms with Gasteiger partial charge in [0.2, 0.25) is 0 Å². The summed E-state index contributed by atoms with van der Waals surface area (Å²) >= 11 is 7.06. The standard InChI is InChI=1S/C16H14ClN3O3S/c1-8(2)23-16(22)13-11-7-24-14(18)12(11)15(21)20(19-13)10-5-3-9(17)4-6-10/h3-8H,18H2,1-2H3. The molecule has 8 heteroatoms. The number of rotatable bonds is 3. The van der Waals surface area contributed by atoms with Crippen molar-refractivity contribution in [2.75, 3.05) is 5.73 Å². The number of aromatic nitrogens is 2. The van der Waals surface area contributed by atoms with Gasteiger partial charge in [0.1, 0.15) is 0 Å². The van der Waals surface area contributed by atoms with E-state index >= 15 is 0 Å². The number of nitrogens with zero attached hydrogens (tertiary/aromatic N) is 2. The predicted octanol–water partition coefficient (Wildman–Crippen LogP) is 3.25. The largest absolute Gasteiger partial charge is 0.458 e. The third kappa shape index (κ3) is 2.88. The van der Waals surface area contributed by atoms with Crippen LogP contribution in [0.3, 0.4) is 0 Å². The summed E-state index contributed by atoms with van der Waals surface area (Å²) in [5.41, 5.74) is 6.07. The number of nitrogens with two attached hydrogens (primary N) is 1. The van der Waals surface area contributed by atoms with Gasteiger partial charge in [-0.15, -0.1) is 11.3 Å². The lowest BCUT2D eigenvalue weighted by Crippen LogP contribution is -2.25. The number of carbonyl (C=O) groups is 1. The molecule has 0 fully saturated rings. The quantitative estimate of drug-likeness (QED) is 0.722. The highest BCUT2D eigenvalue weighted by atomic mass is 35.5. The fraction of sp³-hybridized carbons (Fsp3) is 0.188. The summed E-state index contributed by atoms with van der Waals surface area (Å²) in [6.07, 6.45) is -0.304. The van der Waals surface area contributed by atoms with E-state index in [2.05, 4.69) is 5.10 Å². The first-order chi connectivity index (χ1) is 11.4. The van der Waals surface area contributed by atoms with Crippen molar-refractivity contribution >= 4 is 44.7 Å². The third-order valence-electron chi connectivity index (χ3n) is 3.29. The Bertz CT molecular complexity index is 977. The number of ether oxygens (including phenoxy) is 1. The van der Waals surface area contributed by atoms with Crippen LogP contribution in [0.4, 0.5) is 5.00 Å². The number of hydrogen-bond donors (Lipinski definition) is 1. The first-order valence-corrected chi connectivity index (χ1v) is 8.41. The number of carbonyl (C=O) groups excluding carboxylic acids is 1. The molecule has 0 amide bonds. The van der Waals surface area contributed by atoms with Gasteiger partial charge in [0.15, 0.2) is 5.69 Å². The Morgan fingerprint density at radius 3 is 2.62 bits per heavy atom. The van der Waals surface area contributed by atoms with E-state index in [0.717, 1.165) is 4.68 Å². The lowest BCUT2D eigenvalue weighted by Gasteiger charge is -2.11. The van der Waals surface area contributed by atoms with Crippen LogP contribution in [0, 0.1) is 0 Å². The van der Waals surface area contributed by atoms with Crippen molar-refractivity contribution in [1.29, 1.82) is 0 Å². The summed E-state index contributed by atoms with van der Waals surface area (Å²) in [6, 6.07) is 6.56. The van der Waals surface area contributed by atoms with Crippen molar-refractivity contribution in [1.82, 2.24) is 9.78 Å². The lowest BCUT2D eigenvalue weighted by atomic mass is 10.2. The van der Waals surface area contributed by atoms with Crippen LogP contribution < -0.4 is 11.3 Å². The second-order valence-corrected chi connectivity index (χ2v) is 6.73. The molecule has 24 heavy (non-hydrogen) atoms. The predicted molar refractivity (Wildman–Crippen MR) is 95.2 cm³/mol. The molecular formula is C16H14ClN3O3S. The van der Waals surface area contributed by atoms with Crippen molar-refractivity contribution in [2.24, 2.45) is 0 Å². The summed E-state index contributed by atoms with van der Waals surface area (Å²) in [4.78, 5) is 25.1. The van der Waals surface area contributed by atoms with Crippen LogP contribution in [0.15, 0.2) is 34.4 Å². The summed E-state index contributed by atoms with van der Waals surface area (Å²) in [5.74, 6) is -0.601. The molecule has 0 saturated heterocycles. The molecular weight excluding hydrogens is 350 g/mol. The van der Waals surface area contributed by atoms with E-state index in [1.54, 1.807) is 43.5 Å². The van der Waals surface area contributed by atoms with Gasteiger partial charge < -0.3 is 10.5 Å². The maximum Gasteiger partial charge on any atom is 0.359 e. The molecule has 6 nitrogen and oxygen atoms in total. The summed E-state index contributed by atoms with van der Waals surface area (Å²) in [7, 11) is 0. The molecule has 0 radical (unpaired) electrons. The van der Waals surface area contributed by atoms with E-state index < -0.39 is 11.5 Å². The maximum absolute atomic E-state index is 12.7. The second-order valence-electron chi connectivity index (χ2n) is 5.38. The van der Waals surface area contributed by atoms with Gasteiger partial charge in [-0.05, 0) is 38.1 Å². The highest BCUT2D eigenvalue weighted by molar-refractivity contribution is 7.15. The molecule has 124 valence electrons. The number of anilines is 1. The average Bonchev–Trinajstić information content (AvgIpc) is 2.90. The highest BCUT2D eigenvalue weighted by Gasteiger charge is 2.22. The first kappa shape index (κ1) is 16.5. The van der Waals surface area contributed by atoms with Crippen molar-refractivity contribution in [3.8, 4) is 5.69 Å². The molecule has 1 aromatic carbocycles. The fourth-order valence-electron chi connectivity index (χ4n) is 2.25. The summed E-state index contributed by atoms with van der Waals surface area (Å²) < 4.78 is 6.37. The molecule has 0 bridgehead atoms. The van der Waals surface area contributed by atoms with Crippen LogP contribution in [-0.2, 0) is 4.74 Å². The first-order valence-electron chi connectivity index (χ1n) is 7.15. The van der Waals surface area contributed by atoms with E-state index in [1.165, 1.54) is 11.3 Å². The van der Waals surface area contributed by atoms with Crippen LogP contribution in [-0.4, -0.2) is 21.9 Å². The van der Waals surface area contributed by atoms with Gasteiger partial charge in [0, 0.05) is 15.8 Å². The highest BCUT2D eigenvalue weighted by Crippen LogP contribution is 2.28. The average molecular weight is 364 g/mol. The zero-order valence-electron chi connectivity index (χ0n) is 12.9. The number of esters is 1. The van der Waals surface area contributed by atoms with Gasteiger partial charge >= 0.3 is 5.97 Å². The Balaban J connectivity index is 2.28. The number of halogens is 1. The van der Waals surface area contributed by atoms with Gasteiger partial charge in [0.05, 0.1) is 22.2 Å². The number of fused-ring (bicyclic) bond motifs is 1. The molecule has 0 aliphatic carbocycles. The third-order valence-corrected chi connectivity index (χ3v) is 4.35. The zero-order chi connectivity index (χ0) is 17.4. The Morgan fingerprint density at radius 1 is 1.33 bits per heavy atom. The molecule has 0 aliphatic rings. The lowest BCUT2D eigenvalue weighted by molar-refractivity contribution is 0.0371. The molecule has 0 saturated carbocycles. The SMILES string of the molecule is CC(C)OC(=O)c1nn(-c2ccc(Cl)cc2)c(=O)c2c(N)scc12. The molecule has 0 aliphatic heterocycles. The van der Waals surface area contributed by atoms with E-state index in [0.29, 0.717) is 21.1 Å². The Morgan fingerprint density at radius 2 is 2.00 bits per heavy atom. The smallest absolute Gasteiger partial charge is 0.359 e. The van der Waals surface area contributed by atoms with Crippen molar-refractivity contribution in [2.45, 2.75) is 20.0 Å². The van der Waals surface area contributed by atoms with Gasteiger partial charge in [-0.25, -0.2) is 4.79 Å². The summed E-state index contributed by atoms with van der Waals surface area (Å²) in [6.45, 7) is 3.48. The van der Waals surface area contributed by atoms with Crippen LogP contribution in [0.5, 0.6) is 0 Å². The molecule has 2 aromatic heterocycles. The molecule has 0 unspecified atom stereocenters. The minimum Gasteiger partial charge on any atom is -0.458 e. The van der Waals surface area contributed by atoms with Gasteiger partial charge in [-0.3, -0.25) is 4.79 Å². The Hall–Kier alpha value is -2.38. The molecule has 3 aromatic rings.